The highest BCUT2D eigenvalue weighted by molar-refractivity contribution is 9.10. The lowest BCUT2D eigenvalue weighted by molar-refractivity contribution is 0.475. The molecule has 3 nitrogen and oxygen atoms in total. The third-order valence-corrected chi connectivity index (χ3v) is 2.53. The van der Waals surface area contributed by atoms with Crippen molar-refractivity contribution in [2.45, 2.75) is 13.8 Å². The molecule has 0 bridgehead atoms. The zero-order valence-corrected chi connectivity index (χ0v) is 12.4. The normalized spacial score (nSPS) is 8.79. The summed E-state index contributed by atoms with van der Waals surface area (Å²) in [5.74, 6) is 6.52. The van der Waals surface area contributed by atoms with Crippen LogP contribution >= 0.6 is 15.9 Å². The minimum atomic E-state index is 0.221. The van der Waals surface area contributed by atoms with Gasteiger partial charge in [-0.1, -0.05) is 25.7 Å². The summed E-state index contributed by atoms with van der Waals surface area (Å²) in [7, 11) is 0. The summed E-state index contributed by atoms with van der Waals surface area (Å²) in [6.07, 6.45) is 1.63. The number of aromatic nitrogens is 1. The number of halogens is 1. The summed E-state index contributed by atoms with van der Waals surface area (Å²) < 4.78 is 0.835. The van der Waals surface area contributed by atoms with Gasteiger partial charge in [0.1, 0.15) is 11.6 Å². The first kappa shape index (κ1) is 15.1. The molecule has 2 rings (SSSR count). The van der Waals surface area contributed by atoms with Crippen LogP contribution in [-0.2, 0) is 0 Å². The summed E-state index contributed by atoms with van der Waals surface area (Å²) in [5.41, 5.74) is 7.18. The summed E-state index contributed by atoms with van der Waals surface area (Å²) in [6.45, 7) is 4.00. The molecule has 0 aliphatic carbocycles. The number of nitrogens with two attached hydrogens (primary N) is 1. The fraction of sp³-hybridized carbons (Fsp3) is 0.133. The quantitative estimate of drug-likeness (QED) is 0.730. The molecule has 98 valence electrons. The molecular formula is C15H15BrN2O. The monoisotopic (exact) mass is 318 g/mol. The molecule has 0 amide bonds. The molecule has 0 aliphatic heterocycles. The highest BCUT2D eigenvalue weighted by Crippen LogP contribution is 2.14. The molecule has 19 heavy (non-hydrogen) atoms. The lowest BCUT2D eigenvalue weighted by atomic mass is 10.2. The van der Waals surface area contributed by atoms with Gasteiger partial charge in [0.05, 0.1) is 5.56 Å². The van der Waals surface area contributed by atoms with Gasteiger partial charge < -0.3 is 10.8 Å². The first-order chi connectivity index (χ1) is 9.15. The number of phenols is 1. The van der Waals surface area contributed by atoms with Crippen molar-refractivity contribution in [3.8, 4) is 17.6 Å². The van der Waals surface area contributed by atoms with Crippen molar-refractivity contribution < 1.29 is 5.11 Å². The predicted octanol–water partition coefficient (Wildman–Crippen LogP) is 3.56. The molecule has 2 aromatic rings. The molecule has 0 saturated heterocycles. The van der Waals surface area contributed by atoms with E-state index in [1.807, 2.05) is 19.9 Å². The smallest absolute Gasteiger partial charge is 0.139 e. The minimum absolute atomic E-state index is 0.221. The molecular weight excluding hydrogens is 304 g/mol. The second-order valence-electron chi connectivity index (χ2n) is 3.38. The van der Waals surface area contributed by atoms with Crippen LogP contribution in [0.5, 0.6) is 5.75 Å². The molecule has 1 aromatic carbocycles. The largest absolute Gasteiger partial charge is 0.508 e. The molecule has 1 heterocycles. The molecule has 0 saturated carbocycles. The molecule has 4 heteroatoms. The van der Waals surface area contributed by atoms with Gasteiger partial charge in [0.15, 0.2) is 0 Å². The maximum absolute atomic E-state index is 9.14. The van der Waals surface area contributed by atoms with Crippen LogP contribution in [0.2, 0.25) is 0 Å². The van der Waals surface area contributed by atoms with E-state index in [0.29, 0.717) is 11.4 Å². The van der Waals surface area contributed by atoms with Gasteiger partial charge in [-0.05, 0) is 46.3 Å². The van der Waals surface area contributed by atoms with E-state index in [-0.39, 0.29) is 5.75 Å². The van der Waals surface area contributed by atoms with Crippen LogP contribution in [0.25, 0.3) is 0 Å². The fourth-order valence-corrected chi connectivity index (χ4v) is 1.57. The highest BCUT2D eigenvalue weighted by atomic mass is 79.9. The van der Waals surface area contributed by atoms with Gasteiger partial charge in [0, 0.05) is 16.2 Å². The van der Waals surface area contributed by atoms with Crippen molar-refractivity contribution in [1.82, 2.24) is 4.98 Å². The molecule has 0 radical (unpaired) electrons. The van der Waals surface area contributed by atoms with Crippen molar-refractivity contribution in [3.05, 3.63) is 52.1 Å². The molecule has 0 fully saturated rings. The maximum Gasteiger partial charge on any atom is 0.139 e. The standard InChI is InChI=1S/C13H9BrN2O.C2H6/c14-11-7-10(13(15)16-8-11)4-1-9-2-5-12(17)6-3-9;1-2/h2-3,5-8,17H,(H2,15,16);1-2H3. The fourth-order valence-electron chi connectivity index (χ4n) is 1.23. The van der Waals surface area contributed by atoms with Crippen LogP contribution in [0.1, 0.15) is 25.0 Å². The summed E-state index contributed by atoms with van der Waals surface area (Å²) in [4.78, 5) is 3.99. The number of phenolic OH excluding ortho intramolecular Hbond substituents is 1. The second kappa shape index (κ2) is 7.45. The number of pyridine rings is 1. The van der Waals surface area contributed by atoms with Crippen molar-refractivity contribution in [2.75, 3.05) is 5.73 Å². The number of aromatic hydroxyl groups is 1. The van der Waals surface area contributed by atoms with Crippen molar-refractivity contribution in [2.24, 2.45) is 0 Å². The van der Waals surface area contributed by atoms with Gasteiger partial charge in [0.25, 0.3) is 0 Å². The lowest BCUT2D eigenvalue weighted by Crippen LogP contribution is -1.93. The van der Waals surface area contributed by atoms with Crippen LogP contribution in [0, 0.1) is 11.8 Å². The van der Waals surface area contributed by atoms with Gasteiger partial charge in [-0.15, -0.1) is 0 Å². The Bertz CT molecular complexity index is 598. The van der Waals surface area contributed by atoms with Gasteiger partial charge >= 0.3 is 0 Å². The van der Waals surface area contributed by atoms with Crippen LogP contribution in [0.3, 0.4) is 0 Å². The zero-order chi connectivity index (χ0) is 14.3. The number of rotatable bonds is 0. The van der Waals surface area contributed by atoms with Crippen molar-refractivity contribution in [1.29, 1.82) is 0 Å². The van der Waals surface area contributed by atoms with E-state index in [1.165, 1.54) is 0 Å². The van der Waals surface area contributed by atoms with E-state index in [1.54, 1.807) is 30.5 Å². The van der Waals surface area contributed by atoms with Crippen LogP contribution < -0.4 is 5.73 Å². The second-order valence-corrected chi connectivity index (χ2v) is 4.30. The number of nitrogens with zero attached hydrogens (tertiary/aromatic N) is 1. The van der Waals surface area contributed by atoms with E-state index >= 15 is 0 Å². The number of hydrogen-bond donors (Lipinski definition) is 2. The van der Waals surface area contributed by atoms with Gasteiger partial charge in [-0.25, -0.2) is 4.98 Å². The van der Waals surface area contributed by atoms with E-state index in [4.69, 9.17) is 10.8 Å². The Morgan fingerprint density at radius 2 is 1.79 bits per heavy atom. The summed E-state index contributed by atoms with van der Waals surface area (Å²) in [6, 6.07) is 8.47. The first-order valence-corrected chi connectivity index (χ1v) is 6.66. The summed E-state index contributed by atoms with van der Waals surface area (Å²) >= 11 is 3.31. The number of benzene rings is 1. The van der Waals surface area contributed by atoms with Crippen molar-refractivity contribution >= 4 is 21.7 Å². The van der Waals surface area contributed by atoms with Gasteiger partial charge in [-0.2, -0.15) is 0 Å². The number of hydrogen-bond acceptors (Lipinski definition) is 3. The Morgan fingerprint density at radius 1 is 1.16 bits per heavy atom. The third kappa shape index (κ3) is 4.65. The molecule has 0 atom stereocenters. The van der Waals surface area contributed by atoms with E-state index < -0.39 is 0 Å². The third-order valence-electron chi connectivity index (χ3n) is 2.09. The Hall–Kier alpha value is -1.99. The average Bonchev–Trinajstić information content (AvgIpc) is 2.44. The molecule has 3 N–H and O–H groups in total. The van der Waals surface area contributed by atoms with Crippen LogP contribution in [0.15, 0.2) is 41.0 Å². The molecule has 1 aromatic heterocycles. The molecule has 0 aliphatic rings. The SMILES string of the molecule is CC.Nc1ncc(Br)cc1C#Cc1ccc(O)cc1. The van der Waals surface area contributed by atoms with E-state index in [9.17, 15) is 0 Å². The Morgan fingerprint density at radius 3 is 2.42 bits per heavy atom. The first-order valence-electron chi connectivity index (χ1n) is 5.87. The predicted molar refractivity (Wildman–Crippen MR) is 81.8 cm³/mol. The van der Waals surface area contributed by atoms with Crippen LogP contribution in [0.4, 0.5) is 5.82 Å². The maximum atomic E-state index is 9.14. The highest BCUT2D eigenvalue weighted by Gasteiger charge is 1.97. The number of nitrogen functional groups attached to an aromatic ring is 1. The topological polar surface area (TPSA) is 59.1 Å². The molecule has 0 unspecified atom stereocenters. The van der Waals surface area contributed by atoms with Gasteiger partial charge in [-0.3, -0.25) is 0 Å². The Labute approximate surface area is 121 Å². The van der Waals surface area contributed by atoms with Crippen LogP contribution in [-0.4, -0.2) is 10.1 Å². The minimum Gasteiger partial charge on any atom is -0.508 e. The molecule has 0 spiro atoms. The average molecular weight is 319 g/mol. The van der Waals surface area contributed by atoms with E-state index in [2.05, 4.69) is 32.8 Å². The zero-order valence-electron chi connectivity index (χ0n) is 10.8. The Kier molecular flexibility index (Phi) is 5.91. The lowest BCUT2D eigenvalue weighted by Gasteiger charge is -1.97. The van der Waals surface area contributed by atoms with E-state index in [0.717, 1.165) is 10.0 Å². The number of anilines is 1. The summed E-state index contributed by atoms with van der Waals surface area (Å²) in [5, 5.41) is 9.14. The Balaban J connectivity index is 0.000000861. The van der Waals surface area contributed by atoms with Gasteiger partial charge in [0.2, 0.25) is 0 Å². The van der Waals surface area contributed by atoms with Crippen molar-refractivity contribution in [3.63, 3.8) is 0 Å².